The van der Waals surface area contributed by atoms with E-state index in [-0.39, 0.29) is 0 Å². The Morgan fingerprint density at radius 2 is 1.52 bits per heavy atom. The molecule has 0 aliphatic carbocycles. The van der Waals surface area contributed by atoms with Crippen molar-refractivity contribution in [2.75, 3.05) is 13.2 Å². The first-order chi connectivity index (χ1) is 10.3. The highest BCUT2D eigenvalue weighted by Crippen LogP contribution is 2.44. The van der Waals surface area contributed by atoms with Crippen molar-refractivity contribution in [1.82, 2.24) is 0 Å². The topological polar surface area (TPSA) is 18.5 Å². The van der Waals surface area contributed by atoms with Gasteiger partial charge in [0.15, 0.2) is 11.5 Å². The summed E-state index contributed by atoms with van der Waals surface area (Å²) in [4.78, 5) is 2.30. The van der Waals surface area contributed by atoms with Gasteiger partial charge in [0, 0.05) is 4.88 Å². The second-order valence-electron chi connectivity index (χ2n) is 4.88. The Balaban J connectivity index is 1.83. The maximum Gasteiger partial charge on any atom is 0.179 e. The molecule has 0 bridgehead atoms. The number of aryl methyl sites for hydroxylation is 1. The van der Waals surface area contributed by atoms with Crippen LogP contribution in [-0.2, 0) is 0 Å². The molecule has 0 saturated carbocycles. The van der Waals surface area contributed by atoms with Gasteiger partial charge in [-0.15, -0.1) is 11.3 Å². The number of hydrogen-bond acceptors (Lipinski definition) is 3. The van der Waals surface area contributed by atoms with Crippen LogP contribution in [0.1, 0.15) is 27.8 Å². The molecule has 0 atom stereocenters. The summed E-state index contributed by atoms with van der Waals surface area (Å²) in [5.74, 6) is 1.81. The number of rotatable bonds is 3. The Bertz CT molecular complexity index is 678. The van der Waals surface area contributed by atoms with Gasteiger partial charge < -0.3 is 9.47 Å². The van der Waals surface area contributed by atoms with Crippen LogP contribution in [0.25, 0.3) is 18.2 Å². The molecule has 0 saturated heterocycles. The van der Waals surface area contributed by atoms with Gasteiger partial charge in [0.25, 0.3) is 0 Å². The summed E-state index contributed by atoms with van der Waals surface area (Å²) in [5, 5.41) is 0. The third-order valence-electron chi connectivity index (χ3n) is 3.31. The van der Waals surface area contributed by atoms with Gasteiger partial charge >= 0.3 is 0 Å². The molecule has 3 heteroatoms. The van der Waals surface area contributed by atoms with E-state index in [4.69, 9.17) is 9.47 Å². The number of allylic oxidation sites excluding steroid dienone is 1. The van der Waals surface area contributed by atoms with E-state index >= 15 is 0 Å². The third-order valence-corrected chi connectivity index (χ3v) is 4.34. The van der Waals surface area contributed by atoms with Gasteiger partial charge in [-0.25, -0.2) is 0 Å². The van der Waals surface area contributed by atoms with E-state index in [1.54, 1.807) is 11.3 Å². The van der Waals surface area contributed by atoms with Crippen LogP contribution in [0.4, 0.5) is 0 Å². The SMILES string of the molecule is C/C=C/c1ccc(/C=C/c2sc(C)c3c2OCCO3)cc1. The number of benzene rings is 1. The van der Waals surface area contributed by atoms with Crippen LogP contribution in [0.2, 0.25) is 0 Å². The lowest BCUT2D eigenvalue weighted by Crippen LogP contribution is -2.14. The predicted molar refractivity (Wildman–Crippen MR) is 90.1 cm³/mol. The molecule has 0 fully saturated rings. The Hall–Kier alpha value is -2.00. The van der Waals surface area contributed by atoms with E-state index < -0.39 is 0 Å². The van der Waals surface area contributed by atoms with Crippen molar-refractivity contribution in [2.24, 2.45) is 0 Å². The van der Waals surface area contributed by atoms with Crippen LogP contribution in [0, 0.1) is 6.92 Å². The molecule has 3 rings (SSSR count). The molecule has 2 nitrogen and oxygen atoms in total. The zero-order valence-electron chi connectivity index (χ0n) is 12.3. The molecule has 0 spiro atoms. The summed E-state index contributed by atoms with van der Waals surface area (Å²) < 4.78 is 11.4. The maximum absolute atomic E-state index is 5.74. The minimum atomic E-state index is 0.627. The monoisotopic (exact) mass is 298 g/mol. The van der Waals surface area contributed by atoms with Gasteiger partial charge in [0.05, 0.1) is 4.88 Å². The lowest BCUT2D eigenvalue weighted by atomic mass is 10.1. The molecule has 2 heterocycles. The number of fused-ring (bicyclic) bond motifs is 1. The molecular weight excluding hydrogens is 280 g/mol. The van der Waals surface area contributed by atoms with Crippen molar-refractivity contribution in [3.05, 3.63) is 51.2 Å². The maximum atomic E-state index is 5.74. The highest BCUT2D eigenvalue weighted by atomic mass is 32.1. The molecule has 1 aromatic heterocycles. The molecule has 21 heavy (non-hydrogen) atoms. The van der Waals surface area contributed by atoms with Gasteiger partial charge in [-0.2, -0.15) is 0 Å². The molecule has 1 aliphatic heterocycles. The van der Waals surface area contributed by atoms with E-state index in [0.29, 0.717) is 13.2 Å². The quantitative estimate of drug-likeness (QED) is 0.791. The summed E-state index contributed by atoms with van der Waals surface area (Å²) in [5.41, 5.74) is 2.40. The third kappa shape index (κ3) is 3.03. The fourth-order valence-electron chi connectivity index (χ4n) is 2.31. The Labute approximate surface area is 129 Å². The van der Waals surface area contributed by atoms with Crippen LogP contribution in [0.5, 0.6) is 11.5 Å². The number of ether oxygens (including phenoxy) is 2. The van der Waals surface area contributed by atoms with Gasteiger partial charge in [-0.05, 0) is 31.1 Å². The highest BCUT2D eigenvalue weighted by Gasteiger charge is 2.20. The second-order valence-corrected chi connectivity index (χ2v) is 6.13. The zero-order chi connectivity index (χ0) is 14.7. The molecule has 1 aliphatic rings. The molecule has 1 aromatic carbocycles. The smallest absolute Gasteiger partial charge is 0.179 e. The van der Waals surface area contributed by atoms with Crippen LogP contribution in [-0.4, -0.2) is 13.2 Å². The van der Waals surface area contributed by atoms with Gasteiger partial charge in [0.2, 0.25) is 0 Å². The fourth-order valence-corrected chi connectivity index (χ4v) is 3.27. The van der Waals surface area contributed by atoms with E-state index in [1.807, 2.05) is 13.0 Å². The second kappa shape index (κ2) is 6.19. The summed E-state index contributed by atoms with van der Waals surface area (Å²) in [6.07, 6.45) is 8.36. The molecule has 2 aromatic rings. The lowest BCUT2D eigenvalue weighted by molar-refractivity contribution is 0.172. The van der Waals surface area contributed by atoms with Crippen molar-refractivity contribution in [2.45, 2.75) is 13.8 Å². The molecule has 0 unspecified atom stereocenters. The highest BCUT2D eigenvalue weighted by molar-refractivity contribution is 7.13. The van der Waals surface area contributed by atoms with Gasteiger partial charge in [-0.1, -0.05) is 42.5 Å². The molecule has 108 valence electrons. The van der Waals surface area contributed by atoms with Crippen LogP contribution < -0.4 is 9.47 Å². The van der Waals surface area contributed by atoms with E-state index in [9.17, 15) is 0 Å². The first-order valence-corrected chi connectivity index (χ1v) is 7.89. The van der Waals surface area contributed by atoms with Crippen LogP contribution >= 0.6 is 11.3 Å². The fraction of sp³-hybridized carbons (Fsp3) is 0.222. The normalized spacial score (nSPS) is 14.2. The van der Waals surface area contributed by atoms with Crippen LogP contribution in [0.3, 0.4) is 0 Å². The Kier molecular flexibility index (Phi) is 4.11. The van der Waals surface area contributed by atoms with Crippen molar-refractivity contribution in [3.8, 4) is 11.5 Å². The largest absolute Gasteiger partial charge is 0.485 e. The minimum Gasteiger partial charge on any atom is -0.485 e. The molecule has 0 N–H and O–H groups in total. The Morgan fingerprint density at radius 3 is 2.19 bits per heavy atom. The van der Waals surface area contributed by atoms with Crippen molar-refractivity contribution >= 4 is 29.6 Å². The molecule has 0 amide bonds. The van der Waals surface area contributed by atoms with Crippen molar-refractivity contribution < 1.29 is 9.47 Å². The van der Waals surface area contributed by atoms with E-state index in [2.05, 4.69) is 49.4 Å². The molecular formula is C18H18O2S. The zero-order valence-corrected chi connectivity index (χ0v) is 13.1. The average Bonchev–Trinajstić information content (AvgIpc) is 2.84. The minimum absolute atomic E-state index is 0.627. The first-order valence-electron chi connectivity index (χ1n) is 7.08. The summed E-state index contributed by atoms with van der Waals surface area (Å²) >= 11 is 1.71. The lowest BCUT2D eigenvalue weighted by Gasteiger charge is -2.16. The number of thiophene rings is 1. The van der Waals surface area contributed by atoms with Crippen molar-refractivity contribution in [1.29, 1.82) is 0 Å². The Morgan fingerprint density at radius 1 is 0.905 bits per heavy atom. The predicted octanol–water partition coefficient (Wildman–Crippen LogP) is 5.03. The standard InChI is InChI=1S/C18H18O2S/c1-3-4-14-5-7-15(8-6-14)9-10-16-18-17(13(2)21-16)19-11-12-20-18/h3-10H,11-12H2,1-2H3/b4-3+,10-9+. The van der Waals surface area contributed by atoms with Crippen LogP contribution in [0.15, 0.2) is 30.3 Å². The summed E-state index contributed by atoms with van der Waals surface area (Å²) in [7, 11) is 0. The first kappa shape index (κ1) is 14.0. The van der Waals surface area contributed by atoms with Gasteiger partial charge in [-0.3, -0.25) is 0 Å². The van der Waals surface area contributed by atoms with E-state index in [1.165, 1.54) is 16.0 Å². The summed E-state index contributed by atoms with van der Waals surface area (Å²) in [6, 6.07) is 8.48. The average molecular weight is 298 g/mol. The van der Waals surface area contributed by atoms with Gasteiger partial charge in [0.1, 0.15) is 13.2 Å². The number of hydrogen-bond donors (Lipinski definition) is 0. The summed E-state index contributed by atoms with van der Waals surface area (Å²) in [6.45, 7) is 5.36. The van der Waals surface area contributed by atoms with Crippen molar-refractivity contribution in [3.63, 3.8) is 0 Å². The molecule has 0 radical (unpaired) electrons. The van der Waals surface area contributed by atoms with E-state index in [0.717, 1.165) is 16.4 Å².